The van der Waals surface area contributed by atoms with E-state index in [9.17, 15) is 24.5 Å². The van der Waals surface area contributed by atoms with Crippen LogP contribution in [-0.4, -0.2) is 41.9 Å². The molecule has 1 amide bonds. The van der Waals surface area contributed by atoms with Gasteiger partial charge in [0.25, 0.3) is 5.69 Å². The van der Waals surface area contributed by atoms with Crippen LogP contribution in [0, 0.1) is 10.1 Å². The number of hydrogen-bond donors (Lipinski definition) is 1. The molecule has 1 atom stereocenters. The van der Waals surface area contributed by atoms with Crippen LogP contribution in [0.25, 0.3) is 0 Å². The van der Waals surface area contributed by atoms with E-state index in [1.807, 2.05) is 0 Å². The van der Waals surface area contributed by atoms with Crippen LogP contribution in [0.5, 0.6) is 11.5 Å². The zero-order valence-electron chi connectivity index (χ0n) is 16.1. The zero-order valence-corrected chi connectivity index (χ0v) is 16.9. The Bertz CT molecular complexity index is 1020. The number of thiophene rings is 1. The van der Waals surface area contributed by atoms with Crippen molar-refractivity contribution in [2.45, 2.75) is 26.5 Å². The highest BCUT2D eigenvalue weighted by Crippen LogP contribution is 2.37. The summed E-state index contributed by atoms with van der Waals surface area (Å²) in [6.07, 6.45) is -1.17. The Morgan fingerprint density at radius 2 is 1.90 bits per heavy atom. The summed E-state index contributed by atoms with van der Waals surface area (Å²) in [5.74, 6) is -1.31. The highest BCUT2D eigenvalue weighted by atomic mass is 32.1. The number of nitrogens with one attached hydrogen (secondary N) is 1. The number of carbonyl (C=O) groups is 3. The van der Waals surface area contributed by atoms with Crippen molar-refractivity contribution in [1.82, 2.24) is 5.32 Å². The number of nitro groups is 1. The predicted octanol–water partition coefficient (Wildman–Crippen LogP) is 2.49. The van der Waals surface area contributed by atoms with E-state index in [-0.39, 0.29) is 42.7 Å². The van der Waals surface area contributed by atoms with Gasteiger partial charge in [-0.2, -0.15) is 0 Å². The average molecular weight is 434 g/mol. The molecular weight excluding hydrogens is 416 g/mol. The van der Waals surface area contributed by atoms with E-state index in [2.05, 4.69) is 5.32 Å². The third kappa shape index (κ3) is 4.74. The molecule has 1 N–H and O–H groups in total. The summed E-state index contributed by atoms with van der Waals surface area (Å²) in [5.41, 5.74) is -0.834. The Hall–Kier alpha value is -3.47. The number of benzene rings is 1. The Morgan fingerprint density at radius 3 is 2.53 bits per heavy atom. The van der Waals surface area contributed by atoms with Crippen LogP contribution < -0.4 is 14.8 Å². The van der Waals surface area contributed by atoms with Gasteiger partial charge in [-0.1, -0.05) is 0 Å². The number of ether oxygens (including phenoxy) is 3. The van der Waals surface area contributed by atoms with Crippen LogP contribution >= 0.6 is 11.3 Å². The quantitative estimate of drug-likeness (QED) is 0.304. The highest BCUT2D eigenvalue weighted by molar-refractivity contribution is 7.14. The van der Waals surface area contributed by atoms with Gasteiger partial charge >= 0.3 is 5.97 Å². The van der Waals surface area contributed by atoms with E-state index in [0.29, 0.717) is 4.88 Å². The molecule has 3 rings (SSSR count). The number of ketones is 1. The van der Waals surface area contributed by atoms with E-state index in [0.717, 1.165) is 22.3 Å². The first-order valence-corrected chi connectivity index (χ1v) is 9.74. The standard InChI is InChI=1S/C19H18N2O8S/c1-10(18(23)17-4-3-12(30-17)9-20-11(2)22)29-19(24)13-7-15-16(28-6-5-27-15)8-14(13)21(25)26/h3-4,7-8,10H,5-6,9H2,1-2H3,(H,20,22). The SMILES string of the molecule is CC(=O)NCc1ccc(C(=O)C(C)OC(=O)c2cc3c(cc2[N+](=O)[O-])OCCO3)s1. The maximum absolute atomic E-state index is 12.6. The Balaban J connectivity index is 1.74. The molecule has 0 saturated carbocycles. The van der Waals surface area contributed by atoms with Gasteiger partial charge < -0.3 is 19.5 Å². The first-order valence-electron chi connectivity index (χ1n) is 8.92. The minimum absolute atomic E-state index is 0.166. The lowest BCUT2D eigenvalue weighted by atomic mass is 10.1. The van der Waals surface area contributed by atoms with Gasteiger partial charge in [0.1, 0.15) is 18.8 Å². The molecule has 1 aliphatic heterocycles. The summed E-state index contributed by atoms with van der Waals surface area (Å²) in [6, 6.07) is 5.54. The molecular formula is C19H18N2O8S. The largest absolute Gasteiger partial charge is 0.486 e. The fraction of sp³-hybridized carbons (Fsp3) is 0.316. The molecule has 0 aliphatic carbocycles. The fourth-order valence-corrected chi connectivity index (χ4v) is 3.65. The van der Waals surface area contributed by atoms with Crippen LogP contribution in [0.15, 0.2) is 24.3 Å². The number of nitrogens with zero attached hydrogens (tertiary/aromatic N) is 1. The molecule has 2 aromatic rings. The summed E-state index contributed by atoms with van der Waals surface area (Å²) in [5, 5.41) is 14.0. The molecule has 1 aromatic heterocycles. The number of rotatable bonds is 7. The van der Waals surface area contributed by atoms with E-state index < -0.39 is 28.5 Å². The molecule has 0 bridgehead atoms. The molecule has 158 valence electrons. The third-order valence-electron chi connectivity index (χ3n) is 4.15. The zero-order chi connectivity index (χ0) is 21.8. The second-order valence-electron chi connectivity index (χ2n) is 6.36. The van der Waals surface area contributed by atoms with Crippen molar-refractivity contribution in [2.75, 3.05) is 13.2 Å². The monoisotopic (exact) mass is 434 g/mol. The van der Waals surface area contributed by atoms with Crippen molar-refractivity contribution < 1.29 is 33.5 Å². The van der Waals surface area contributed by atoms with Crippen LogP contribution in [-0.2, 0) is 16.1 Å². The smallest absolute Gasteiger partial charge is 0.346 e. The Kier molecular flexibility index (Phi) is 6.31. The first-order chi connectivity index (χ1) is 14.3. The van der Waals surface area contributed by atoms with Crippen molar-refractivity contribution >= 4 is 34.7 Å². The van der Waals surface area contributed by atoms with Crippen molar-refractivity contribution in [3.8, 4) is 11.5 Å². The lowest BCUT2D eigenvalue weighted by molar-refractivity contribution is -0.385. The van der Waals surface area contributed by atoms with Crippen LogP contribution in [0.4, 0.5) is 5.69 Å². The van der Waals surface area contributed by atoms with Crippen LogP contribution in [0.1, 0.15) is 38.8 Å². The van der Waals surface area contributed by atoms with E-state index in [4.69, 9.17) is 14.2 Å². The van der Waals surface area contributed by atoms with E-state index in [1.54, 1.807) is 12.1 Å². The molecule has 1 aromatic carbocycles. The van der Waals surface area contributed by atoms with Crippen LogP contribution in [0.2, 0.25) is 0 Å². The summed E-state index contributed by atoms with van der Waals surface area (Å²) in [6.45, 7) is 3.54. The van der Waals surface area contributed by atoms with Gasteiger partial charge in [-0.15, -0.1) is 11.3 Å². The summed E-state index contributed by atoms with van der Waals surface area (Å²) < 4.78 is 15.9. The van der Waals surface area contributed by atoms with Crippen LogP contribution in [0.3, 0.4) is 0 Å². The minimum Gasteiger partial charge on any atom is -0.486 e. The predicted molar refractivity (Wildman–Crippen MR) is 105 cm³/mol. The van der Waals surface area contributed by atoms with Gasteiger partial charge in [0, 0.05) is 17.9 Å². The first kappa shape index (κ1) is 21.2. The number of fused-ring (bicyclic) bond motifs is 1. The van der Waals surface area contributed by atoms with Gasteiger partial charge in [-0.05, 0) is 19.1 Å². The molecule has 11 heteroatoms. The maximum atomic E-state index is 12.6. The Labute approximate surface area is 174 Å². The molecule has 0 fully saturated rings. The van der Waals surface area contributed by atoms with Gasteiger partial charge in [-0.25, -0.2) is 4.79 Å². The van der Waals surface area contributed by atoms with Crippen molar-refractivity contribution in [3.63, 3.8) is 0 Å². The van der Waals surface area contributed by atoms with E-state index in [1.165, 1.54) is 19.9 Å². The van der Waals surface area contributed by atoms with Gasteiger partial charge in [0.2, 0.25) is 11.7 Å². The van der Waals surface area contributed by atoms with Gasteiger partial charge in [0.05, 0.1) is 22.4 Å². The maximum Gasteiger partial charge on any atom is 0.346 e. The third-order valence-corrected chi connectivity index (χ3v) is 5.25. The summed E-state index contributed by atoms with van der Waals surface area (Å²) >= 11 is 1.16. The highest BCUT2D eigenvalue weighted by Gasteiger charge is 2.30. The number of Topliss-reactive ketones (excluding diaryl/α,β-unsaturated/α-hetero) is 1. The molecule has 10 nitrogen and oxygen atoms in total. The summed E-state index contributed by atoms with van der Waals surface area (Å²) in [4.78, 5) is 47.9. The van der Waals surface area contributed by atoms with Crippen molar-refractivity contribution in [1.29, 1.82) is 0 Å². The molecule has 0 spiro atoms. The number of amides is 1. The topological polar surface area (TPSA) is 134 Å². The van der Waals surface area contributed by atoms with Crippen molar-refractivity contribution in [3.05, 3.63) is 49.7 Å². The second-order valence-corrected chi connectivity index (χ2v) is 7.53. The van der Waals surface area contributed by atoms with Gasteiger partial charge in [-0.3, -0.25) is 19.7 Å². The molecule has 1 unspecified atom stereocenters. The lowest BCUT2D eigenvalue weighted by Gasteiger charge is -2.19. The van der Waals surface area contributed by atoms with Crippen molar-refractivity contribution in [2.24, 2.45) is 0 Å². The number of nitro benzene ring substituents is 1. The molecule has 0 saturated heterocycles. The average Bonchev–Trinajstić information content (AvgIpc) is 3.19. The number of hydrogen-bond acceptors (Lipinski definition) is 9. The molecule has 0 radical (unpaired) electrons. The normalized spacial score (nSPS) is 13.3. The fourth-order valence-electron chi connectivity index (χ4n) is 2.69. The lowest BCUT2D eigenvalue weighted by Crippen LogP contribution is -2.24. The molecule has 2 heterocycles. The summed E-state index contributed by atoms with van der Waals surface area (Å²) in [7, 11) is 0. The number of esters is 1. The number of carbonyl (C=O) groups excluding carboxylic acids is 3. The van der Waals surface area contributed by atoms with Gasteiger partial charge in [0.15, 0.2) is 17.6 Å². The van der Waals surface area contributed by atoms with E-state index >= 15 is 0 Å². The molecule has 30 heavy (non-hydrogen) atoms. The Morgan fingerprint density at radius 1 is 1.23 bits per heavy atom. The minimum atomic E-state index is -1.17. The molecule has 1 aliphatic rings. The second kappa shape index (κ2) is 8.91.